The summed E-state index contributed by atoms with van der Waals surface area (Å²) in [5.74, 6) is 0.615. The van der Waals surface area contributed by atoms with Gasteiger partial charge in [-0.05, 0) is 38.3 Å². The number of hydrogen-bond donors (Lipinski definition) is 2. The average Bonchev–Trinajstić information content (AvgIpc) is 2.66. The van der Waals surface area contributed by atoms with Crippen molar-refractivity contribution in [2.24, 2.45) is 0 Å². The van der Waals surface area contributed by atoms with Gasteiger partial charge in [-0.3, -0.25) is 5.10 Å². The Morgan fingerprint density at radius 3 is 2.69 bits per heavy atom. The van der Waals surface area contributed by atoms with E-state index in [9.17, 15) is 0 Å². The first-order chi connectivity index (χ1) is 7.72. The molecule has 0 aliphatic rings. The molecule has 0 aliphatic carbocycles. The number of nitrogens with zero attached hydrogens (tertiary/aromatic N) is 3. The van der Waals surface area contributed by atoms with E-state index in [-0.39, 0.29) is 6.61 Å². The van der Waals surface area contributed by atoms with Crippen LogP contribution in [0.25, 0.3) is 0 Å². The largest absolute Gasteiger partial charge is 0.388 e. The Balaban J connectivity index is 2.48. The predicted octanol–water partition coefficient (Wildman–Crippen LogP) is 1.16. The minimum atomic E-state index is -0.0710. The molecule has 1 aromatic rings. The minimum absolute atomic E-state index is 0.0710. The Hall–Kier alpha value is -0.720. The summed E-state index contributed by atoms with van der Waals surface area (Å²) in [5, 5.41) is 15.7. The van der Waals surface area contributed by atoms with Crippen LogP contribution in [-0.4, -0.2) is 44.4 Å². The van der Waals surface area contributed by atoms with Crippen molar-refractivity contribution in [3.8, 4) is 0 Å². The fourth-order valence-electron chi connectivity index (χ4n) is 1.69. The van der Waals surface area contributed by atoms with Crippen molar-refractivity contribution < 1.29 is 5.11 Å². The summed E-state index contributed by atoms with van der Waals surface area (Å²) in [5.41, 5.74) is 0. The smallest absolute Gasteiger partial charge is 0.195 e. The number of aromatic amines is 1. The second-order valence-electron chi connectivity index (χ2n) is 3.64. The number of aliphatic hydroxyl groups excluding tert-OH is 1. The van der Waals surface area contributed by atoms with Gasteiger partial charge in [0.15, 0.2) is 10.6 Å². The summed E-state index contributed by atoms with van der Waals surface area (Å²) in [6, 6.07) is 0. The van der Waals surface area contributed by atoms with Crippen LogP contribution in [0.5, 0.6) is 0 Å². The molecule has 0 saturated carbocycles. The normalized spacial score (nSPS) is 11.2. The molecule has 0 saturated heterocycles. The monoisotopic (exact) mass is 244 g/mol. The lowest BCUT2D eigenvalue weighted by Gasteiger charge is -2.17. The van der Waals surface area contributed by atoms with Gasteiger partial charge in [-0.15, -0.1) is 0 Å². The third-order valence-electron chi connectivity index (χ3n) is 2.73. The molecule has 5 nitrogen and oxygen atoms in total. The van der Waals surface area contributed by atoms with E-state index in [1.54, 1.807) is 0 Å². The highest BCUT2D eigenvalue weighted by Crippen LogP contribution is 2.01. The number of nitrogens with one attached hydrogen (secondary N) is 1. The second kappa shape index (κ2) is 6.78. The van der Waals surface area contributed by atoms with Gasteiger partial charge in [-0.2, -0.15) is 5.10 Å². The lowest BCUT2D eigenvalue weighted by Crippen LogP contribution is -2.25. The standard InChI is InChI=1S/C10H20N4OS/c1-3-13(4-2)6-5-7-14-9(8-15)11-12-10(14)16/h15H,3-8H2,1-2H3,(H,12,16). The van der Waals surface area contributed by atoms with Crippen LogP contribution in [0.1, 0.15) is 26.1 Å². The van der Waals surface area contributed by atoms with Crippen LogP contribution in [0.4, 0.5) is 0 Å². The summed E-state index contributed by atoms with van der Waals surface area (Å²) in [7, 11) is 0. The zero-order valence-electron chi connectivity index (χ0n) is 9.94. The SMILES string of the molecule is CCN(CC)CCCn1c(CO)n[nH]c1=S. The molecule has 16 heavy (non-hydrogen) atoms. The Labute approximate surface area is 101 Å². The molecule has 0 unspecified atom stereocenters. The molecular weight excluding hydrogens is 224 g/mol. The lowest BCUT2D eigenvalue weighted by molar-refractivity contribution is 0.259. The summed E-state index contributed by atoms with van der Waals surface area (Å²) in [6.07, 6.45) is 1.02. The van der Waals surface area contributed by atoms with Crippen molar-refractivity contribution in [3.63, 3.8) is 0 Å². The number of aromatic nitrogens is 3. The molecule has 0 fully saturated rings. The van der Waals surface area contributed by atoms with E-state index in [2.05, 4.69) is 28.9 Å². The highest BCUT2D eigenvalue weighted by atomic mass is 32.1. The van der Waals surface area contributed by atoms with Crippen LogP contribution in [0.3, 0.4) is 0 Å². The second-order valence-corrected chi connectivity index (χ2v) is 4.02. The summed E-state index contributed by atoms with van der Waals surface area (Å²) in [6.45, 7) is 8.24. The van der Waals surface area contributed by atoms with Gasteiger partial charge in [0.1, 0.15) is 6.61 Å². The van der Waals surface area contributed by atoms with E-state index in [4.69, 9.17) is 17.3 Å². The Morgan fingerprint density at radius 1 is 1.44 bits per heavy atom. The quantitative estimate of drug-likeness (QED) is 0.707. The summed E-state index contributed by atoms with van der Waals surface area (Å²) >= 11 is 5.10. The van der Waals surface area contributed by atoms with E-state index >= 15 is 0 Å². The van der Waals surface area contributed by atoms with E-state index in [1.807, 2.05) is 4.57 Å². The molecule has 92 valence electrons. The van der Waals surface area contributed by atoms with Gasteiger partial charge in [-0.25, -0.2) is 0 Å². The molecule has 6 heteroatoms. The van der Waals surface area contributed by atoms with Gasteiger partial charge in [-0.1, -0.05) is 13.8 Å². The molecule has 0 radical (unpaired) electrons. The van der Waals surface area contributed by atoms with Crippen molar-refractivity contribution in [1.29, 1.82) is 0 Å². The average molecular weight is 244 g/mol. The Kier molecular flexibility index (Phi) is 5.65. The fourth-order valence-corrected chi connectivity index (χ4v) is 1.94. The summed E-state index contributed by atoms with van der Waals surface area (Å²) in [4.78, 5) is 2.36. The molecule has 0 bridgehead atoms. The predicted molar refractivity (Wildman–Crippen MR) is 65.7 cm³/mol. The zero-order chi connectivity index (χ0) is 12.0. The van der Waals surface area contributed by atoms with E-state index in [0.29, 0.717) is 10.6 Å². The maximum Gasteiger partial charge on any atom is 0.195 e. The van der Waals surface area contributed by atoms with Crippen LogP contribution in [-0.2, 0) is 13.2 Å². The molecule has 0 aliphatic heterocycles. The maximum atomic E-state index is 9.07. The van der Waals surface area contributed by atoms with Crippen LogP contribution in [0.15, 0.2) is 0 Å². The fraction of sp³-hybridized carbons (Fsp3) is 0.800. The van der Waals surface area contributed by atoms with Gasteiger partial charge < -0.3 is 14.6 Å². The van der Waals surface area contributed by atoms with E-state index < -0.39 is 0 Å². The van der Waals surface area contributed by atoms with Gasteiger partial charge in [0.05, 0.1) is 0 Å². The van der Waals surface area contributed by atoms with Crippen LogP contribution < -0.4 is 0 Å². The highest BCUT2D eigenvalue weighted by molar-refractivity contribution is 7.71. The van der Waals surface area contributed by atoms with Gasteiger partial charge in [0, 0.05) is 6.54 Å². The topological polar surface area (TPSA) is 57.1 Å². The molecule has 1 aromatic heterocycles. The Morgan fingerprint density at radius 2 is 2.12 bits per heavy atom. The first-order valence-electron chi connectivity index (χ1n) is 5.70. The van der Waals surface area contributed by atoms with Crippen LogP contribution >= 0.6 is 12.2 Å². The third kappa shape index (κ3) is 3.40. The van der Waals surface area contributed by atoms with Crippen molar-refractivity contribution in [2.75, 3.05) is 19.6 Å². The summed E-state index contributed by atoms with van der Waals surface area (Å²) < 4.78 is 2.45. The van der Waals surface area contributed by atoms with Crippen molar-refractivity contribution in [2.45, 2.75) is 33.4 Å². The van der Waals surface area contributed by atoms with E-state index in [0.717, 1.165) is 32.6 Å². The van der Waals surface area contributed by atoms with Crippen molar-refractivity contribution >= 4 is 12.2 Å². The molecule has 1 rings (SSSR count). The maximum absolute atomic E-state index is 9.07. The third-order valence-corrected chi connectivity index (χ3v) is 3.04. The van der Waals surface area contributed by atoms with Gasteiger partial charge in [0.25, 0.3) is 0 Å². The van der Waals surface area contributed by atoms with Crippen molar-refractivity contribution in [1.82, 2.24) is 19.7 Å². The van der Waals surface area contributed by atoms with Crippen molar-refractivity contribution in [3.05, 3.63) is 10.6 Å². The zero-order valence-corrected chi connectivity index (χ0v) is 10.8. The number of hydrogen-bond acceptors (Lipinski definition) is 4. The van der Waals surface area contributed by atoms with Crippen LogP contribution in [0, 0.1) is 4.77 Å². The molecule has 0 atom stereocenters. The van der Waals surface area contributed by atoms with Crippen LogP contribution in [0.2, 0.25) is 0 Å². The first-order valence-corrected chi connectivity index (χ1v) is 6.11. The molecule has 1 heterocycles. The number of aliphatic hydroxyl groups is 1. The lowest BCUT2D eigenvalue weighted by atomic mass is 10.3. The Bertz CT molecular complexity index is 356. The van der Waals surface area contributed by atoms with E-state index in [1.165, 1.54) is 0 Å². The highest BCUT2D eigenvalue weighted by Gasteiger charge is 2.05. The molecule has 0 aromatic carbocycles. The molecular formula is C10H20N4OS. The molecule has 0 amide bonds. The van der Waals surface area contributed by atoms with Gasteiger partial charge >= 0.3 is 0 Å². The van der Waals surface area contributed by atoms with Gasteiger partial charge in [0.2, 0.25) is 0 Å². The number of H-pyrrole nitrogens is 1. The minimum Gasteiger partial charge on any atom is -0.388 e. The number of rotatable bonds is 7. The molecule has 0 spiro atoms. The molecule has 2 N–H and O–H groups in total. The first kappa shape index (κ1) is 13.3.